The molecular weight excluding hydrogens is 263 g/mol. The number of hydrogen-bond acceptors (Lipinski definition) is 2. The summed E-state index contributed by atoms with van der Waals surface area (Å²) in [6.07, 6.45) is 0. The predicted octanol–water partition coefficient (Wildman–Crippen LogP) is 3.07. The maximum atomic E-state index is 5.01. The molecule has 1 aromatic heterocycles. The smallest absolute Gasteiger partial charge is 0.146 e. The Morgan fingerprint density at radius 3 is 3.08 bits per heavy atom. The molecule has 0 aliphatic rings. The molecule has 0 atom stereocenters. The SMILES string of the molecule is Cc1[c-]cc2[nH]c(=S)sc2c1.[Y]. The van der Waals surface area contributed by atoms with E-state index in [1.807, 2.05) is 13.0 Å². The number of fused-ring (bicyclic) bond motifs is 1. The van der Waals surface area contributed by atoms with E-state index in [1.165, 1.54) is 4.70 Å². The summed E-state index contributed by atoms with van der Waals surface area (Å²) in [6.45, 7) is 2.03. The van der Waals surface area contributed by atoms with Crippen LogP contribution in [0, 0.1) is 16.9 Å². The van der Waals surface area contributed by atoms with Crippen molar-refractivity contribution in [2.75, 3.05) is 0 Å². The summed E-state index contributed by atoms with van der Waals surface area (Å²) in [5.74, 6) is 0. The first-order chi connectivity index (χ1) is 5.25. The molecule has 12 heavy (non-hydrogen) atoms. The van der Waals surface area contributed by atoms with Gasteiger partial charge in [-0.05, 0) is 12.2 Å². The molecule has 1 nitrogen and oxygen atoms in total. The number of aromatic amines is 1. The van der Waals surface area contributed by atoms with E-state index in [9.17, 15) is 0 Å². The molecule has 0 aliphatic carbocycles. The van der Waals surface area contributed by atoms with Crippen LogP contribution in [0.4, 0.5) is 0 Å². The molecule has 0 saturated carbocycles. The van der Waals surface area contributed by atoms with E-state index < -0.39 is 0 Å². The largest absolute Gasteiger partial charge is 0.390 e. The molecule has 0 fully saturated rings. The van der Waals surface area contributed by atoms with Crippen molar-refractivity contribution in [2.24, 2.45) is 0 Å². The van der Waals surface area contributed by atoms with Gasteiger partial charge in [-0.15, -0.1) is 17.4 Å². The summed E-state index contributed by atoms with van der Waals surface area (Å²) >= 11 is 6.61. The van der Waals surface area contributed by atoms with Crippen molar-refractivity contribution in [3.8, 4) is 0 Å². The molecular formula is C8H6NS2Y-. The summed E-state index contributed by atoms with van der Waals surface area (Å²) in [6, 6.07) is 7.15. The van der Waals surface area contributed by atoms with E-state index in [4.69, 9.17) is 12.2 Å². The van der Waals surface area contributed by atoms with E-state index >= 15 is 0 Å². The molecule has 1 aromatic carbocycles. The minimum absolute atomic E-state index is 0. The number of benzene rings is 1. The van der Waals surface area contributed by atoms with Crippen molar-refractivity contribution < 1.29 is 32.7 Å². The van der Waals surface area contributed by atoms with Crippen LogP contribution in [0.15, 0.2) is 12.1 Å². The van der Waals surface area contributed by atoms with Crippen molar-refractivity contribution in [3.05, 3.63) is 27.7 Å². The second kappa shape index (κ2) is 4.10. The number of aromatic nitrogens is 1. The zero-order valence-electron chi connectivity index (χ0n) is 6.55. The molecule has 1 radical (unpaired) electrons. The summed E-state index contributed by atoms with van der Waals surface area (Å²) in [7, 11) is 0. The molecule has 1 N–H and O–H groups in total. The van der Waals surface area contributed by atoms with Gasteiger partial charge < -0.3 is 4.98 Å². The third-order valence-electron chi connectivity index (χ3n) is 1.50. The molecule has 0 aliphatic heterocycles. The maximum absolute atomic E-state index is 5.01. The molecule has 1 heterocycles. The Morgan fingerprint density at radius 2 is 2.33 bits per heavy atom. The zero-order chi connectivity index (χ0) is 7.84. The fourth-order valence-corrected chi connectivity index (χ4v) is 2.19. The van der Waals surface area contributed by atoms with E-state index in [0.717, 1.165) is 15.0 Å². The van der Waals surface area contributed by atoms with Gasteiger partial charge in [0.25, 0.3) is 0 Å². The van der Waals surface area contributed by atoms with Gasteiger partial charge in [-0.1, -0.05) is 17.1 Å². The van der Waals surface area contributed by atoms with Crippen LogP contribution >= 0.6 is 23.6 Å². The first-order valence-electron chi connectivity index (χ1n) is 3.27. The van der Waals surface area contributed by atoms with E-state index in [-0.39, 0.29) is 32.7 Å². The van der Waals surface area contributed by atoms with Crippen LogP contribution in [0.3, 0.4) is 0 Å². The Hall–Kier alpha value is 0.434. The monoisotopic (exact) mass is 269 g/mol. The summed E-state index contributed by atoms with van der Waals surface area (Å²) in [5.41, 5.74) is 2.24. The number of aryl methyl sites for hydroxylation is 1. The van der Waals surface area contributed by atoms with Crippen molar-refractivity contribution in [3.63, 3.8) is 0 Å². The Balaban J connectivity index is 0.000000720. The molecule has 0 spiro atoms. The number of H-pyrrole nitrogens is 1. The summed E-state index contributed by atoms with van der Waals surface area (Å²) in [5, 5.41) is 0. The van der Waals surface area contributed by atoms with Crippen LogP contribution in [0.25, 0.3) is 10.2 Å². The molecule has 0 amide bonds. The van der Waals surface area contributed by atoms with Crippen molar-refractivity contribution in [2.45, 2.75) is 6.92 Å². The van der Waals surface area contributed by atoms with Crippen LogP contribution in [0.1, 0.15) is 5.56 Å². The first-order valence-corrected chi connectivity index (χ1v) is 4.49. The molecule has 0 bridgehead atoms. The van der Waals surface area contributed by atoms with Gasteiger partial charge in [-0.2, -0.15) is 17.7 Å². The minimum atomic E-state index is 0. The van der Waals surface area contributed by atoms with Crippen molar-refractivity contribution >= 4 is 33.8 Å². The van der Waals surface area contributed by atoms with Gasteiger partial charge in [-0.25, -0.2) is 0 Å². The summed E-state index contributed by atoms with van der Waals surface area (Å²) in [4.78, 5) is 3.09. The van der Waals surface area contributed by atoms with E-state index in [0.29, 0.717) is 0 Å². The van der Waals surface area contributed by atoms with Gasteiger partial charge in [0.2, 0.25) is 0 Å². The van der Waals surface area contributed by atoms with Crippen LogP contribution in [0.2, 0.25) is 0 Å². The minimum Gasteiger partial charge on any atom is -0.390 e. The molecule has 0 unspecified atom stereocenters. The van der Waals surface area contributed by atoms with Gasteiger partial charge in [0.15, 0.2) is 0 Å². The molecule has 59 valence electrons. The van der Waals surface area contributed by atoms with E-state index in [2.05, 4.69) is 17.1 Å². The average Bonchev–Trinajstić information content (AvgIpc) is 2.27. The van der Waals surface area contributed by atoms with Gasteiger partial charge >= 0.3 is 0 Å². The van der Waals surface area contributed by atoms with Gasteiger partial charge in [0.05, 0.1) is 0 Å². The van der Waals surface area contributed by atoms with E-state index in [1.54, 1.807) is 11.3 Å². The van der Waals surface area contributed by atoms with Crippen LogP contribution in [-0.2, 0) is 32.7 Å². The fraction of sp³-hybridized carbons (Fsp3) is 0.125. The number of thiazole rings is 1. The van der Waals surface area contributed by atoms with Gasteiger partial charge in [-0.3, -0.25) is 0 Å². The van der Waals surface area contributed by atoms with Gasteiger partial charge in [0, 0.05) is 32.7 Å². The standard InChI is InChI=1S/C8H6NS2.Y/c1-5-2-3-6-7(4-5)11-8(10)9-6;/h3-4H,1H3,(H,9,10);/q-1;. The molecule has 2 aromatic rings. The number of hydrogen-bond donors (Lipinski definition) is 1. The normalized spacial score (nSPS) is 9.75. The Labute approximate surface area is 105 Å². The maximum Gasteiger partial charge on any atom is 0.146 e. The van der Waals surface area contributed by atoms with Crippen LogP contribution in [0.5, 0.6) is 0 Å². The number of rotatable bonds is 0. The first kappa shape index (κ1) is 10.5. The third kappa shape index (κ3) is 2.02. The van der Waals surface area contributed by atoms with Crippen molar-refractivity contribution in [1.82, 2.24) is 4.98 Å². The van der Waals surface area contributed by atoms with Gasteiger partial charge in [0.1, 0.15) is 3.95 Å². The average molecular weight is 269 g/mol. The van der Waals surface area contributed by atoms with Crippen molar-refractivity contribution in [1.29, 1.82) is 0 Å². The Kier molecular flexibility index (Phi) is 3.59. The van der Waals surface area contributed by atoms with Crippen LogP contribution < -0.4 is 0 Å². The van der Waals surface area contributed by atoms with Crippen LogP contribution in [-0.4, -0.2) is 4.98 Å². The Bertz CT molecular complexity index is 443. The Morgan fingerprint density at radius 1 is 1.58 bits per heavy atom. The fourth-order valence-electron chi connectivity index (χ4n) is 0.991. The topological polar surface area (TPSA) is 15.8 Å². The predicted molar refractivity (Wildman–Crippen MR) is 50.6 cm³/mol. The second-order valence-electron chi connectivity index (χ2n) is 2.41. The third-order valence-corrected chi connectivity index (χ3v) is 2.69. The molecule has 4 heteroatoms. The zero-order valence-corrected chi connectivity index (χ0v) is 11.0. The quantitative estimate of drug-likeness (QED) is 0.574. The second-order valence-corrected chi connectivity index (χ2v) is 4.13. The molecule has 2 rings (SSSR count). The molecule has 0 saturated heterocycles. The number of nitrogens with one attached hydrogen (secondary N) is 1. The summed E-state index contributed by atoms with van der Waals surface area (Å²) < 4.78 is 2.05.